The molecule has 0 saturated heterocycles. The fourth-order valence-corrected chi connectivity index (χ4v) is 1.64. The van der Waals surface area contributed by atoms with Gasteiger partial charge in [-0.3, -0.25) is 4.79 Å². The van der Waals surface area contributed by atoms with Gasteiger partial charge in [0.05, 0.1) is 0 Å². The van der Waals surface area contributed by atoms with Crippen molar-refractivity contribution in [3.63, 3.8) is 0 Å². The molecule has 1 fully saturated rings. The van der Waals surface area contributed by atoms with E-state index >= 15 is 0 Å². The molecule has 0 amide bonds. The topological polar surface area (TPSA) is 92.3 Å². The van der Waals surface area contributed by atoms with Crippen LogP contribution in [0.3, 0.4) is 0 Å². The molecule has 1 saturated carbocycles. The molecule has 1 aromatic heterocycles. The summed E-state index contributed by atoms with van der Waals surface area (Å²) in [5, 5.41) is 8.93. The zero-order valence-corrected chi connectivity index (χ0v) is 9.92. The monoisotopic (exact) mass is 236 g/mol. The van der Waals surface area contributed by atoms with Crippen molar-refractivity contribution in [2.75, 3.05) is 19.0 Å². The Bertz CT molecular complexity index is 443. The van der Waals surface area contributed by atoms with Crippen molar-refractivity contribution in [2.24, 2.45) is 5.73 Å². The van der Waals surface area contributed by atoms with Crippen LogP contribution in [0.5, 0.6) is 0 Å². The van der Waals surface area contributed by atoms with Crippen LogP contribution in [0.2, 0.25) is 0 Å². The van der Waals surface area contributed by atoms with Crippen LogP contribution in [0.1, 0.15) is 36.2 Å². The lowest BCUT2D eigenvalue weighted by Crippen LogP contribution is -2.25. The van der Waals surface area contributed by atoms with Crippen LogP contribution < -0.4 is 10.6 Å². The summed E-state index contributed by atoms with van der Waals surface area (Å²) in [6, 6.07) is -1.08. The fourth-order valence-electron chi connectivity index (χ4n) is 1.64. The molecule has 2 rings (SSSR count). The van der Waals surface area contributed by atoms with E-state index in [4.69, 9.17) is 10.8 Å². The van der Waals surface area contributed by atoms with E-state index in [1.165, 1.54) is 6.20 Å². The highest BCUT2D eigenvalue weighted by Crippen LogP contribution is 2.39. The number of carboxylic acids is 1. The number of nitrogens with zero attached hydrogens (tertiary/aromatic N) is 3. The third-order valence-electron chi connectivity index (χ3n) is 2.78. The zero-order chi connectivity index (χ0) is 12.6. The summed E-state index contributed by atoms with van der Waals surface area (Å²) in [6.45, 7) is 0. The first-order valence-corrected chi connectivity index (χ1v) is 5.53. The number of carbonyl (C=O) groups is 1. The number of carboxylic acid groups (broad SMARTS) is 1. The molecule has 1 atom stereocenters. The quantitative estimate of drug-likeness (QED) is 0.791. The number of hydrogen-bond acceptors (Lipinski definition) is 5. The van der Waals surface area contributed by atoms with Crippen molar-refractivity contribution >= 4 is 11.8 Å². The average Bonchev–Trinajstić information content (AvgIpc) is 3.10. The Morgan fingerprint density at radius 1 is 1.59 bits per heavy atom. The van der Waals surface area contributed by atoms with Gasteiger partial charge < -0.3 is 15.7 Å². The van der Waals surface area contributed by atoms with Gasteiger partial charge in [-0.25, -0.2) is 9.97 Å². The molecule has 1 heterocycles. The lowest BCUT2D eigenvalue weighted by molar-refractivity contribution is -0.138. The summed E-state index contributed by atoms with van der Waals surface area (Å²) in [7, 11) is 3.63. The molecule has 17 heavy (non-hydrogen) atoms. The van der Waals surface area contributed by atoms with Crippen LogP contribution in [-0.2, 0) is 4.79 Å². The highest BCUT2D eigenvalue weighted by Gasteiger charge is 2.29. The Morgan fingerprint density at radius 2 is 2.24 bits per heavy atom. The Morgan fingerprint density at radius 3 is 2.71 bits per heavy atom. The number of aromatic nitrogens is 2. The number of aliphatic carboxylic acids is 1. The number of nitrogens with two attached hydrogens (primary N) is 1. The van der Waals surface area contributed by atoms with Crippen LogP contribution in [0.25, 0.3) is 0 Å². The van der Waals surface area contributed by atoms with E-state index in [-0.39, 0.29) is 0 Å². The predicted molar refractivity (Wildman–Crippen MR) is 62.9 cm³/mol. The molecule has 6 heteroatoms. The van der Waals surface area contributed by atoms with Gasteiger partial charge in [0.15, 0.2) is 0 Å². The molecule has 3 N–H and O–H groups in total. The molecule has 0 bridgehead atoms. The summed E-state index contributed by atoms with van der Waals surface area (Å²) in [5.74, 6) is 0.742. The van der Waals surface area contributed by atoms with E-state index in [0.717, 1.165) is 18.7 Å². The number of anilines is 1. The molecule has 1 unspecified atom stereocenters. The Balaban J connectivity index is 2.40. The molecule has 0 aromatic carbocycles. The van der Waals surface area contributed by atoms with Gasteiger partial charge in [-0.2, -0.15) is 0 Å². The maximum Gasteiger partial charge on any atom is 0.325 e. The maximum atomic E-state index is 10.9. The molecule has 0 aliphatic heterocycles. The second-order valence-corrected chi connectivity index (χ2v) is 4.49. The second-order valence-electron chi connectivity index (χ2n) is 4.49. The van der Waals surface area contributed by atoms with Crippen LogP contribution in [-0.4, -0.2) is 35.1 Å². The summed E-state index contributed by atoms with van der Waals surface area (Å²) in [6.07, 6.45) is 3.75. The van der Waals surface area contributed by atoms with Crippen LogP contribution >= 0.6 is 0 Å². The third-order valence-corrected chi connectivity index (χ3v) is 2.78. The molecule has 92 valence electrons. The maximum absolute atomic E-state index is 10.9. The molecule has 1 aliphatic carbocycles. The number of rotatable bonds is 4. The van der Waals surface area contributed by atoms with Crippen molar-refractivity contribution in [3.8, 4) is 0 Å². The van der Waals surface area contributed by atoms with Crippen LogP contribution in [0.4, 0.5) is 5.82 Å². The SMILES string of the molecule is CN(C)c1nc(C2CC2)ncc1C(N)C(=O)O. The predicted octanol–water partition coefficient (Wildman–Crippen LogP) is 0.504. The van der Waals surface area contributed by atoms with Gasteiger partial charge in [-0.1, -0.05) is 0 Å². The van der Waals surface area contributed by atoms with E-state index in [2.05, 4.69) is 9.97 Å². The van der Waals surface area contributed by atoms with E-state index in [1.54, 1.807) is 4.90 Å². The van der Waals surface area contributed by atoms with Gasteiger partial charge in [-0.15, -0.1) is 0 Å². The highest BCUT2D eigenvalue weighted by molar-refractivity contribution is 5.77. The molecule has 0 radical (unpaired) electrons. The summed E-state index contributed by atoms with van der Waals surface area (Å²) < 4.78 is 0. The van der Waals surface area contributed by atoms with Crippen LogP contribution in [0, 0.1) is 0 Å². The van der Waals surface area contributed by atoms with Gasteiger partial charge in [-0.05, 0) is 12.8 Å². The lowest BCUT2D eigenvalue weighted by Gasteiger charge is -2.18. The zero-order valence-electron chi connectivity index (χ0n) is 9.92. The van der Waals surface area contributed by atoms with Crippen LogP contribution in [0.15, 0.2) is 6.20 Å². The van der Waals surface area contributed by atoms with Gasteiger partial charge in [0, 0.05) is 31.8 Å². The van der Waals surface area contributed by atoms with Gasteiger partial charge >= 0.3 is 5.97 Å². The molecule has 0 spiro atoms. The van der Waals surface area contributed by atoms with E-state index in [0.29, 0.717) is 17.3 Å². The van der Waals surface area contributed by atoms with Gasteiger partial charge in [0.25, 0.3) is 0 Å². The Kier molecular flexibility index (Phi) is 2.97. The summed E-state index contributed by atoms with van der Waals surface area (Å²) in [4.78, 5) is 21.3. The number of hydrogen-bond donors (Lipinski definition) is 2. The molecular formula is C11H16N4O2. The van der Waals surface area contributed by atoms with Crippen molar-refractivity contribution in [3.05, 3.63) is 17.6 Å². The molecule has 1 aliphatic rings. The first kappa shape index (κ1) is 11.8. The van der Waals surface area contributed by atoms with E-state index in [1.807, 2.05) is 14.1 Å². The van der Waals surface area contributed by atoms with Crippen molar-refractivity contribution in [2.45, 2.75) is 24.8 Å². The molecule has 6 nitrogen and oxygen atoms in total. The minimum atomic E-state index is -1.08. The summed E-state index contributed by atoms with van der Waals surface area (Å²) in [5.41, 5.74) is 6.06. The minimum Gasteiger partial charge on any atom is -0.480 e. The summed E-state index contributed by atoms with van der Waals surface area (Å²) >= 11 is 0. The fraction of sp³-hybridized carbons (Fsp3) is 0.545. The minimum absolute atomic E-state index is 0.434. The van der Waals surface area contributed by atoms with Gasteiger partial charge in [0.1, 0.15) is 17.7 Å². The van der Waals surface area contributed by atoms with Crippen molar-refractivity contribution < 1.29 is 9.90 Å². The lowest BCUT2D eigenvalue weighted by atomic mass is 10.1. The van der Waals surface area contributed by atoms with E-state index in [9.17, 15) is 4.79 Å². The average molecular weight is 236 g/mol. The van der Waals surface area contributed by atoms with Crippen molar-refractivity contribution in [1.29, 1.82) is 0 Å². The largest absolute Gasteiger partial charge is 0.480 e. The molecule has 1 aromatic rings. The van der Waals surface area contributed by atoms with Crippen molar-refractivity contribution in [1.82, 2.24) is 9.97 Å². The van der Waals surface area contributed by atoms with E-state index < -0.39 is 12.0 Å². The first-order chi connectivity index (χ1) is 8.00. The second kappa shape index (κ2) is 4.29. The smallest absolute Gasteiger partial charge is 0.325 e. The van der Waals surface area contributed by atoms with Gasteiger partial charge in [0.2, 0.25) is 0 Å². The normalized spacial score (nSPS) is 16.6. The highest BCUT2D eigenvalue weighted by atomic mass is 16.4. The first-order valence-electron chi connectivity index (χ1n) is 5.53. The Hall–Kier alpha value is -1.69. The third kappa shape index (κ3) is 2.36. The standard InChI is InChI=1S/C11H16N4O2/c1-15(2)10-7(8(12)11(16)17)5-13-9(14-10)6-3-4-6/h5-6,8H,3-4,12H2,1-2H3,(H,16,17). The Labute approximate surface area is 99.5 Å². The molecular weight excluding hydrogens is 220 g/mol.